The molecule has 31 heavy (non-hydrogen) atoms. The van der Waals surface area contributed by atoms with Crippen molar-refractivity contribution in [3.05, 3.63) is 0 Å². The van der Waals surface area contributed by atoms with Crippen LogP contribution in [-0.4, -0.2) is 83.0 Å². The molecule has 0 aromatic heterocycles. The van der Waals surface area contributed by atoms with Gasteiger partial charge in [0.2, 0.25) is 23.6 Å². The number of aliphatic hydroxyl groups excluding tert-OH is 2. The number of hydrogen-bond acceptors (Lipinski definition) is 8. The van der Waals surface area contributed by atoms with Gasteiger partial charge < -0.3 is 42.0 Å². The minimum absolute atomic E-state index is 0.342. The Labute approximate surface area is 181 Å². The summed E-state index contributed by atoms with van der Waals surface area (Å²) in [7, 11) is 0. The van der Waals surface area contributed by atoms with E-state index in [1.54, 1.807) is 13.8 Å². The van der Waals surface area contributed by atoms with Gasteiger partial charge in [-0.25, -0.2) is 0 Å². The zero-order valence-electron chi connectivity index (χ0n) is 18.5. The van der Waals surface area contributed by atoms with Crippen molar-refractivity contribution >= 4 is 29.9 Å². The second-order valence-electron chi connectivity index (χ2n) is 7.58. The van der Waals surface area contributed by atoms with E-state index in [1.807, 2.05) is 0 Å². The summed E-state index contributed by atoms with van der Waals surface area (Å²) in [5.41, 5.74) is 5.47. The second-order valence-corrected chi connectivity index (χ2v) is 7.58. The number of carbonyl (C=O) groups is 5. The number of nitrogens with one attached hydrogen (secondary N) is 4. The average Bonchev–Trinajstić information content (AvgIpc) is 2.70. The highest BCUT2D eigenvalue weighted by Crippen LogP contribution is 2.09. The van der Waals surface area contributed by atoms with Crippen molar-refractivity contribution in [2.45, 2.75) is 77.4 Å². The molecule has 0 fully saturated rings. The van der Waals surface area contributed by atoms with Crippen LogP contribution in [0.4, 0.5) is 0 Å². The zero-order chi connectivity index (χ0) is 24.3. The van der Waals surface area contributed by atoms with Gasteiger partial charge in [0, 0.05) is 0 Å². The summed E-state index contributed by atoms with van der Waals surface area (Å²) in [6, 6.07) is -4.41. The lowest BCUT2D eigenvalue weighted by Gasteiger charge is -2.28. The molecule has 12 nitrogen and oxygen atoms in total. The molecule has 8 N–H and O–H groups in total. The number of aliphatic hydroxyl groups is 2. The second kappa shape index (κ2) is 13.7. The Morgan fingerprint density at radius 3 is 1.84 bits per heavy atom. The van der Waals surface area contributed by atoms with E-state index in [1.165, 1.54) is 20.8 Å². The summed E-state index contributed by atoms with van der Waals surface area (Å²) >= 11 is 0. The first kappa shape index (κ1) is 28.4. The summed E-state index contributed by atoms with van der Waals surface area (Å²) in [5.74, 6) is -3.15. The molecule has 0 saturated heterocycles. The molecule has 12 heteroatoms. The molecule has 0 unspecified atom stereocenters. The zero-order valence-corrected chi connectivity index (χ0v) is 18.5. The average molecular weight is 446 g/mol. The lowest BCUT2D eigenvalue weighted by molar-refractivity contribution is -0.135. The highest BCUT2D eigenvalue weighted by atomic mass is 16.3. The van der Waals surface area contributed by atoms with Crippen molar-refractivity contribution in [2.24, 2.45) is 11.7 Å². The molecule has 0 saturated carbocycles. The predicted molar refractivity (Wildman–Crippen MR) is 111 cm³/mol. The van der Waals surface area contributed by atoms with Crippen molar-refractivity contribution < 1.29 is 34.2 Å². The van der Waals surface area contributed by atoms with Crippen LogP contribution in [0.15, 0.2) is 0 Å². The molecular weight excluding hydrogens is 410 g/mol. The Morgan fingerprint density at radius 1 is 0.871 bits per heavy atom. The van der Waals surface area contributed by atoms with E-state index < -0.39 is 66.5 Å². The number of rotatable bonds is 13. The summed E-state index contributed by atoms with van der Waals surface area (Å²) in [6.07, 6.45) is -1.48. The van der Waals surface area contributed by atoms with Crippen molar-refractivity contribution in [2.75, 3.05) is 6.54 Å². The standard InChI is InChI=1S/C19H35N5O7/c1-6-9(2)15(18(30)21-7-14(28)22-13(8-25)11(4)26)23-19(31)16(12(5)27)24-17(29)10(3)20/h8-13,15-16,26-27H,6-7,20H2,1-5H3,(H,21,30)(H,22,28)(H,23,31)(H,24,29)/t9-,10-,11+,12+,13+,15-,16-/m0/s1. The van der Waals surface area contributed by atoms with Crippen LogP contribution in [0.1, 0.15) is 41.0 Å². The molecule has 0 aliphatic carbocycles. The van der Waals surface area contributed by atoms with Crippen LogP contribution < -0.4 is 27.0 Å². The van der Waals surface area contributed by atoms with Gasteiger partial charge >= 0.3 is 0 Å². The summed E-state index contributed by atoms with van der Waals surface area (Å²) in [6.45, 7) is 7.07. The quantitative estimate of drug-likeness (QED) is 0.145. The lowest BCUT2D eigenvalue weighted by Crippen LogP contribution is -2.60. The van der Waals surface area contributed by atoms with Crippen molar-refractivity contribution in [1.29, 1.82) is 0 Å². The molecule has 0 aliphatic heterocycles. The first-order valence-electron chi connectivity index (χ1n) is 10.1. The molecule has 0 heterocycles. The van der Waals surface area contributed by atoms with E-state index in [4.69, 9.17) is 5.73 Å². The van der Waals surface area contributed by atoms with E-state index in [9.17, 15) is 34.2 Å². The minimum atomic E-state index is -1.33. The third kappa shape index (κ3) is 9.85. The molecule has 0 radical (unpaired) electrons. The Kier molecular flexibility index (Phi) is 12.5. The molecule has 0 aliphatic rings. The highest BCUT2D eigenvalue weighted by molar-refractivity contribution is 5.94. The smallest absolute Gasteiger partial charge is 0.245 e. The Hall–Kier alpha value is -2.57. The van der Waals surface area contributed by atoms with Crippen molar-refractivity contribution in [3.63, 3.8) is 0 Å². The van der Waals surface area contributed by atoms with Crippen LogP contribution in [0, 0.1) is 5.92 Å². The predicted octanol–water partition coefficient (Wildman–Crippen LogP) is -3.09. The summed E-state index contributed by atoms with van der Waals surface area (Å²) in [4.78, 5) is 59.8. The number of amides is 4. The normalized spacial score (nSPS) is 17.7. The van der Waals surface area contributed by atoms with E-state index >= 15 is 0 Å². The van der Waals surface area contributed by atoms with Crippen LogP contribution in [0.5, 0.6) is 0 Å². The SMILES string of the molecule is CC[C@H](C)[C@H](NC(=O)[C@@H](NC(=O)[C@H](C)N)[C@@H](C)O)C(=O)NCC(=O)N[C@H](C=O)[C@@H](C)O. The van der Waals surface area contributed by atoms with Gasteiger partial charge in [0.1, 0.15) is 24.4 Å². The number of hydrogen-bond donors (Lipinski definition) is 7. The molecule has 4 amide bonds. The monoisotopic (exact) mass is 445 g/mol. The van der Waals surface area contributed by atoms with Crippen molar-refractivity contribution in [1.82, 2.24) is 21.3 Å². The van der Waals surface area contributed by atoms with E-state index in [-0.39, 0.29) is 5.92 Å². The molecule has 7 atom stereocenters. The molecule has 0 bridgehead atoms. The maximum Gasteiger partial charge on any atom is 0.245 e. The maximum absolute atomic E-state index is 12.6. The Morgan fingerprint density at radius 2 is 1.42 bits per heavy atom. The topological polar surface area (TPSA) is 200 Å². The van der Waals surface area contributed by atoms with Crippen LogP contribution in [0.25, 0.3) is 0 Å². The first-order valence-corrected chi connectivity index (χ1v) is 10.1. The van der Waals surface area contributed by atoms with Crippen LogP contribution in [0.2, 0.25) is 0 Å². The fourth-order valence-corrected chi connectivity index (χ4v) is 2.42. The van der Waals surface area contributed by atoms with Gasteiger partial charge in [-0.05, 0) is 26.7 Å². The van der Waals surface area contributed by atoms with E-state index in [2.05, 4.69) is 21.3 Å². The van der Waals surface area contributed by atoms with Gasteiger partial charge in [-0.15, -0.1) is 0 Å². The molecular formula is C19H35N5O7. The van der Waals surface area contributed by atoms with Gasteiger partial charge in [0.25, 0.3) is 0 Å². The molecule has 178 valence electrons. The Bertz CT molecular complexity index is 639. The van der Waals surface area contributed by atoms with Gasteiger partial charge in [0.05, 0.1) is 24.8 Å². The molecule has 0 aromatic carbocycles. The van der Waals surface area contributed by atoms with E-state index in [0.29, 0.717) is 12.7 Å². The molecule has 0 rings (SSSR count). The maximum atomic E-state index is 12.6. The summed E-state index contributed by atoms with van der Waals surface area (Å²) < 4.78 is 0. The van der Waals surface area contributed by atoms with E-state index in [0.717, 1.165) is 0 Å². The Balaban J connectivity index is 5.18. The van der Waals surface area contributed by atoms with Crippen LogP contribution >= 0.6 is 0 Å². The molecule has 0 spiro atoms. The lowest BCUT2D eigenvalue weighted by atomic mass is 9.97. The van der Waals surface area contributed by atoms with Crippen molar-refractivity contribution in [3.8, 4) is 0 Å². The summed E-state index contributed by atoms with van der Waals surface area (Å²) in [5, 5.41) is 28.7. The third-order valence-electron chi connectivity index (χ3n) is 4.69. The number of aldehydes is 1. The largest absolute Gasteiger partial charge is 0.391 e. The van der Waals surface area contributed by atoms with Gasteiger partial charge in [-0.3, -0.25) is 19.2 Å². The van der Waals surface area contributed by atoms with Gasteiger partial charge in [0.15, 0.2) is 0 Å². The fourth-order valence-electron chi connectivity index (χ4n) is 2.42. The minimum Gasteiger partial charge on any atom is -0.391 e. The first-order chi connectivity index (χ1) is 14.3. The van der Waals surface area contributed by atoms with Crippen LogP contribution in [0.3, 0.4) is 0 Å². The third-order valence-corrected chi connectivity index (χ3v) is 4.69. The van der Waals surface area contributed by atoms with Gasteiger partial charge in [-0.2, -0.15) is 0 Å². The fraction of sp³-hybridized carbons (Fsp3) is 0.737. The molecule has 0 aromatic rings. The number of carbonyl (C=O) groups excluding carboxylic acids is 5. The number of nitrogens with two attached hydrogens (primary N) is 1. The highest BCUT2D eigenvalue weighted by Gasteiger charge is 2.32. The van der Waals surface area contributed by atoms with Gasteiger partial charge in [-0.1, -0.05) is 20.3 Å². The van der Waals surface area contributed by atoms with Crippen LogP contribution in [-0.2, 0) is 24.0 Å².